The summed E-state index contributed by atoms with van der Waals surface area (Å²) in [6, 6.07) is 80.1. The summed E-state index contributed by atoms with van der Waals surface area (Å²) in [5.41, 5.74) is 25.5. The Morgan fingerprint density at radius 2 is 0.803 bits per heavy atom. The van der Waals surface area contributed by atoms with Gasteiger partial charge in [-0.3, -0.25) is 0 Å². The normalized spacial score (nSPS) is 14.0. The van der Waals surface area contributed by atoms with E-state index in [1.165, 1.54) is 77.9 Å². The van der Waals surface area contributed by atoms with Gasteiger partial charge in [0.2, 0.25) is 0 Å². The van der Waals surface area contributed by atoms with Gasteiger partial charge in [-0.2, -0.15) is 0 Å². The lowest BCUT2D eigenvalue weighted by molar-refractivity contribution is 0.603. The van der Waals surface area contributed by atoms with Crippen molar-refractivity contribution in [2.75, 3.05) is 4.90 Å². The van der Waals surface area contributed by atoms with Crippen molar-refractivity contribution in [1.82, 2.24) is 0 Å². The molecular weight excluding hydrogens is 923 g/mol. The van der Waals surface area contributed by atoms with Gasteiger partial charge in [-0.25, -0.2) is 0 Å². The number of fused-ring (bicyclic) bond motifs is 10. The summed E-state index contributed by atoms with van der Waals surface area (Å²) in [4.78, 5) is 2.46. The third-order valence-corrected chi connectivity index (χ3v) is 16.4. The average Bonchev–Trinajstić information content (AvgIpc) is 4.24. The lowest BCUT2D eigenvalue weighted by Gasteiger charge is -2.30. The highest BCUT2D eigenvalue weighted by Crippen LogP contribution is 2.54. The molecule has 0 bridgehead atoms. The Labute approximate surface area is 444 Å². The number of furan rings is 2. The second-order valence-corrected chi connectivity index (χ2v) is 21.6. The van der Waals surface area contributed by atoms with E-state index < -0.39 is 0 Å². The van der Waals surface area contributed by atoms with E-state index in [-0.39, 0.29) is 10.8 Å². The molecule has 14 rings (SSSR count). The van der Waals surface area contributed by atoms with Crippen molar-refractivity contribution in [3.05, 3.63) is 264 Å². The van der Waals surface area contributed by atoms with Crippen LogP contribution in [0.2, 0.25) is 0 Å². The number of para-hydroxylation sites is 2. The molecule has 2 aliphatic rings. The topological polar surface area (TPSA) is 29.5 Å². The molecule has 2 heterocycles. The van der Waals surface area contributed by atoms with Crippen LogP contribution < -0.4 is 4.90 Å². The summed E-state index contributed by atoms with van der Waals surface area (Å²) in [5, 5.41) is 3.40. The Morgan fingerprint density at radius 1 is 0.342 bits per heavy atom. The number of hydrogen-bond acceptors (Lipinski definition) is 3. The van der Waals surface area contributed by atoms with Crippen LogP contribution in [-0.2, 0) is 10.8 Å². The van der Waals surface area contributed by atoms with E-state index in [1.54, 1.807) is 0 Å². The van der Waals surface area contributed by atoms with Crippen molar-refractivity contribution in [2.24, 2.45) is 0 Å². The number of benzene rings is 10. The minimum atomic E-state index is -0.253. The van der Waals surface area contributed by atoms with Crippen LogP contribution in [-0.4, -0.2) is 0 Å². The molecule has 2 aliphatic carbocycles. The summed E-state index contributed by atoms with van der Waals surface area (Å²) in [5.74, 6) is 0.873. The second-order valence-electron chi connectivity index (χ2n) is 21.6. The van der Waals surface area contributed by atoms with Gasteiger partial charge in [0, 0.05) is 49.6 Å². The van der Waals surface area contributed by atoms with Gasteiger partial charge in [0.05, 0.1) is 0 Å². The molecule has 0 N–H and O–H groups in total. The third kappa shape index (κ3) is 7.33. The molecule has 76 heavy (non-hydrogen) atoms. The maximum Gasteiger partial charge on any atom is 0.135 e. The van der Waals surface area contributed by atoms with Crippen LogP contribution in [0, 0.1) is 0 Å². The largest absolute Gasteiger partial charge is 0.456 e. The van der Waals surface area contributed by atoms with Crippen LogP contribution in [0.15, 0.2) is 233 Å². The van der Waals surface area contributed by atoms with Gasteiger partial charge < -0.3 is 13.7 Å². The predicted octanol–water partition coefficient (Wildman–Crippen LogP) is 20.6. The lowest BCUT2D eigenvalue weighted by Crippen LogP contribution is -2.18. The first-order valence-corrected chi connectivity index (χ1v) is 26.5. The molecule has 0 unspecified atom stereocenters. The minimum absolute atomic E-state index is 0.251. The van der Waals surface area contributed by atoms with E-state index in [0.29, 0.717) is 0 Å². The summed E-state index contributed by atoms with van der Waals surface area (Å²) < 4.78 is 12.5. The molecule has 2 aromatic heterocycles. The Kier molecular flexibility index (Phi) is 10.4. The van der Waals surface area contributed by atoms with Crippen LogP contribution in [0.4, 0.5) is 17.1 Å². The maximum atomic E-state index is 6.26. The summed E-state index contributed by atoms with van der Waals surface area (Å²) in [7, 11) is 0. The van der Waals surface area contributed by atoms with Gasteiger partial charge >= 0.3 is 0 Å². The van der Waals surface area contributed by atoms with Crippen LogP contribution in [0.25, 0.3) is 107 Å². The molecule has 0 saturated heterocycles. The highest BCUT2D eigenvalue weighted by molar-refractivity contribution is 6.06. The molecule has 3 heteroatoms. The Morgan fingerprint density at radius 3 is 1.45 bits per heavy atom. The first-order chi connectivity index (χ1) is 37.1. The fourth-order valence-corrected chi connectivity index (χ4v) is 12.4. The van der Waals surface area contributed by atoms with E-state index >= 15 is 0 Å². The van der Waals surface area contributed by atoms with Crippen molar-refractivity contribution in [1.29, 1.82) is 0 Å². The Hall–Kier alpha value is -9.18. The van der Waals surface area contributed by atoms with Gasteiger partial charge in [-0.05, 0) is 169 Å². The van der Waals surface area contributed by atoms with E-state index in [9.17, 15) is 0 Å². The smallest absolute Gasteiger partial charge is 0.135 e. The van der Waals surface area contributed by atoms with Gasteiger partial charge in [-0.1, -0.05) is 192 Å². The molecule has 0 spiro atoms. The zero-order chi connectivity index (χ0) is 51.3. The van der Waals surface area contributed by atoms with Gasteiger partial charge in [-0.15, -0.1) is 0 Å². The van der Waals surface area contributed by atoms with Gasteiger partial charge in [0.1, 0.15) is 22.5 Å². The van der Waals surface area contributed by atoms with Crippen LogP contribution in [0.3, 0.4) is 0 Å². The zero-order valence-corrected chi connectivity index (χ0v) is 43.4. The van der Waals surface area contributed by atoms with Gasteiger partial charge in [0.25, 0.3) is 0 Å². The Balaban J connectivity index is 0.836. The van der Waals surface area contributed by atoms with Crippen LogP contribution in [0.5, 0.6) is 0 Å². The van der Waals surface area contributed by atoms with Crippen molar-refractivity contribution < 1.29 is 8.83 Å². The van der Waals surface area contributed by atoms with E-state index in [4.69, 9.17) is 8.83 Å². The molecule has 12 aromatic rings. The first kappa shape index (κ1) is 45.4. The molecule has 3 nitrogen and oxygen atoms in total. The molecule has 0 amide bonds. The average molecular weight is 978 g/mol. The van der Waals surface area contributed by atoms with Gasteiger partial charge in [0.15, 0.2) is 0 Å². The molecular formula is C73H55NO2. The van der Waals surface area contributed by atoms with E-state index in [0.717, 1.165) is 66.9 Å². The lowest BCUT2D eigenvalue weighted by atomic mass is 9.81. The fourth-order valence-electron chi connectivity index (χ4n) is 12.4. The molecule has 0 radical (unpaired) electrons. The number of hydrogen-bond donors (Lipinski definition) is 0. The fraction of sp³-hybridized carbons (Fsp3) is 0.0959. The second kappa shape index (κ2) is 17.5. The summed E-state index contributed by atoms with van der Waals surface area (Å²) in [6.07, 6.45) is 8.52. The quantitative estimate of drug-likeness (QED) is 0.144. The van der Waals surface area contributed by atoms with Crippen LogP contribution in [0.1, 0.15) is 73.8 Å². The van der Waals surface area contributed by atoms with Crippen molar-refractivity contribution in [3.63, 3.8) is 0 Å². The molecule has 0 atom stereocenters. The summed E-state index contributed by atoms with van der Waals surface area (Å²) in [6.45, 7) is 11.6. The maximum absolute atomic E-state index is 6.26. The monoisotopic (exact) mass is 977 g/mol. The molecule has 364 valence electrons. The highest BCUT2D eigenvalue weighted by Gasteiger charge is 2.38. The standard InChI is InChI=1S/C73H55NO2/c1-6-14-68-62(60-17-10-12-19-69(60)75-68)36-22-46-21-35-56-58-38-33-54(44-66(58)72(2,3)64(56)41-46)74(53-31-27-50(28-32-53)49-25-23-48(24-26-49)47-15-8-7-9-16-47)55-34-39-59-57-37-29-52(43-65(57)73(4,5)67(59)45-55)51-30-40-71-63(42-51)61-18-11-13-20-70(61)76-71/h6-45H,1-5H3/b14-6-,36-22+. The number of rotatable bonds is 9. The SMILES string of the molecule is C/C=C\c1oc2ccccc2c1/C=C/c1ccc2c(c1)C(C)(C)c1cc(N(c3ccc(-c4ccc(-c5ccccc5)cc4)cc3)c3ccc4c(c3)C(C)(C)c3cc(-c5ccc6oc7ccccc7c6c5)ccc3-4)ccc1-2. The van der Waals surface area contributed by atoms with Crippen molar-refractivity contribution in [3.8, 4) is 55.6 Å². The molecule has 0 fully saturated rings. The van der Waals surface area contributed by atoms with Crippen LogP contribution >= 0.6 is 0 Å². The highest BCUT2D eigenvalue weighted by atomic mass is 16.3. The van der Waals surface area contributed by atoms with E-state index in [2.05, 4.69) is 239 Å². The molecule has 0 saturated carbocycles. The number of allylic oxidation sites excluding steroid dienone is 1. The third-order valence-electron chi connectivity index (χ3n) is 16.4. The van der Waals surface area contributed by atoms with Crippen molar-refractivity contribution in [2.45, 2.75) is 45.4 Å². The number of nitrogens with zero attached hydrogens (tertiary/aromatic N) is 1. The zero-order valence-electron chi connectivity index (χ0n) is 43.4. The molecule has 0 aliphatic heterocycles. The number of anilines is 3. The van der Waals surface area contributed by atoms with E-state index in [1.807, 2.05) is 43.3 Å². The minimum Gasteiger partial charge on any atom is -0.456 e. The Bertz CT molecular complexity index is 4330. The first-order valence-electron chi connectivity index (χ1n) is 26.5. The summed E-state index contributed by atoms with van der Waals surface area (Å²) >= 11 is 0. The van der Waals surface area contributed by atoms with Crippen molar-refractivity contribution >= 4 is 68.2 Å². The molecule has 10 aromatic carbocycles. The predicted molar refractivity (Wildman–Crippen MR) is 320 cm³/mol.